The number of likely N-dealkylation sites (tertiary alicyclic amines) is 1. The number of rotatable bonds is 7. The molecule has 0 bridgehead atoms. The summed E-state index contributed by atoms with van der Waals surface area (Å²) in [6.45, 7) is 2.79. The Morgan fingerprint density at radius 1 is 1.03 bits per heavy atom. The number of nitrogens with zero attached hydrogens (tertiary/aromatic N) is 4. The molecule has 0 radical (unpaired) electrons. The lowest BCUT2D eigenvalue weighted by Crippen LogP contribution is -2.47. The number of methoxy groups -OCH3 is 3. The molecule has 0 spiro atoms. The van der Waals surface area contributed by atoms with Crippen LogP contribution in [0.4, 0.5) is 11.5 Å². The van der Waals surface area contributed by atoms with Crippen LogP contribution in [0.15, 0.2) is 64.8 Å². The second kappa shape index (κ2) is 10.5. The van der Waals surface area contributed by atoms with Crippen molar-refractivity contribution in [2.75, 3.05) is 46.0 Å². The van der Waals surface area contributed by atoms with Gasteiger partial charge in [-0.25, -0.2) is 9.97 Å². The number of esters is 1. The second-order valence-electron chi connectivity index (χ2n) is 9.01. The van der Waals surface area contributed by atoms with E-state index in [9.17, 15) is 4.79 Å². The second-order valence-corrected chi connectivity index (χ2v) is 10.0. The van der Waals surface area contributed by atoms with Gasteiger partial charge < -0.3 is 14.2 Å². The molecule has 0 aliphatic carbocycles. The first-order valence-electron chi connectivity index (χ1n) is 11.9. The molecule has 188 valence electrons. The van der Waals surface area contributed by atoms with E-state index in [4.69, 9.17) is 14.2 Å². The Balaban J connectivity index is 1.33. The zero-order valence-electron chi connectivity index (χ0n) is 20.8. The molecule has 2 aromatic carbocycles. The summed E-state index contributed by atoms with van der Waals surface area (Å²) in [5, 5.41) is 0.878. The van der Waals surface area contributed by atoms with E-state index in [0.717, 1.165) is 52.4 Å². The fourth-order valence-electron chi connectivity index (χ4n) is 5.08. The minimum Gasteiger partial charge on any atom is -0.497 e. The summed E-state index contributed by atoms with van der Waals surface area (Å²) in [6.07, 6.45) is 4.82. The topological polar surface area (TPSA) is 77.0 Å². The van der Waals surface area contributed by atoms with Crippen molar-refractivity contribution in [3.05, 3.63) is 66.0 Å². The van der Waals surface area contributed by atoms with E-state index in [1.807, 2.05) is 24.3 Å². The molecule has 5 rings (SSSR count). The number of anilines is 2. The van der Waals surface area contributed by atoms with Crippen molar-refractivity contribution in [1.82, 2.24) is 14.9 Å². The zero-order valence-corrected chi connectivity index (χ0v) is 21.6. The molecule has 0 amide bonds. The molecule has 0 atom stereocenters. The van der Waals surface area contributed by atoms with Gasteiger partial charge in [-0.05, 0) is 61.3 Å². The standard InChI is InChI=1S/C27H30N4O4S/c1-33-18-31-22-16-19(4-9-23(22)36-25-24(31)28-12-13-29-25)17-30-14-10-27(11-15-30,26(32)35-3)20-5-7-21(34-2)8-6-20/h4-9,12-13,16H,10-11,14-15,17-18H2,1-3H3. The summed E-state index contributed by atoms with van der Waals surface area (Å²) in [5.74, 6) is 1.42. The zero-order chi connectivity index (χ0) is 25.1. The van der Waals surface area contributed by atoms with Crippen molar-refractivity contribution in [2.24, 2.45) is 0 Å². The third-order valence-electron chi connectivity index (χ3n) is 7.02. The van der Waals surface area contributed by atoms with E-state index in [-0.39, 0.29) is 5.97 Å². The minimum atomic E-state index is -0.637. The predicted molar refractivity (Wildman–Crippen MR) is 138 cm³/mol. The van der Waals surface area contributed by atoms with Crippen molar-refractivity contribution < 1.29 is 19.0 Å². The number of hydrogen-bond donors (Lipinski definition) is 0. The van der Waals surface area contributed by atoms with Gasteiger partial charge in [0.25, 0.3) is 0 Å². The highest BCUT2D eigenvalue weighted by molar-refractivity contribution is 7.99. The van der Waals surface area contributed by atoms with Crippen LogP contribution in [-0.2, 0) is 26.2 Å². The predicted octanol–water partition coefficient (Wildman–Crippen LogP) is 4.40. The number of hydrogen-bond acceptors (Lipinski definition) is 9. The number of carbonyl (C=O) groups excluding carboxylic acids is 1. The SMILES string of the molecule is COCN1c2cc(CN3CCC(C(=O)OC)(c4ccc(OC)cc4)CC3)ccc2Sc2nccnc21. The molecule has 1 fully saturated rings. The highest BCUT2D eigenvalue weighted by Gasteiger charge is 2.44. The first-order chi connectivity index (χ1) is 17.6. The largest absolute Gasteiger partial charge is 0.497 e. The van der Waals surface area contributed by atoms with Gasteiger partial charge in [-0.15, -0.1) is 0 Å². The molecule has 8 nitrogen and oxygen atoms in total. The van der Waals surface area contributed by atoms with Gasteiger partial charge in [0.1, 0.15) is 17.5 Å². The van der Waals surface area contributed by atoms with Crippen LogP contribution in [0, 0.1) is 0 Å². The summed E-state index contributed by atoms with van der Waals surface area (Å²) < 4.78 is 16.0. The van der Waals surface area contributed by atoms with E-state index in [1.54, 1.807) is 38.4 Å². The Morgan fingerprint density at radius 2 is 1.78 bits per heavy atom. The first kappa shape index (κ1) is 24.5. The minimum absolute atomic E-state index is 0.173. The van der Waals surface area contributed by atoms with E-state index in [1.165, 1.54) is 12.7 Å². The molecule has 1 saturated heterocycles. The first-order valence-corrected chi connectivity index (χ1v) is 12.7. The van der Waals surface area contributed by atoms with Gasteiger partial charge in [0.15, 0.2) is 5.82 Å². The Bertz CT molecular complexity index is 1230. The number of benzene rings is 2. The lowest BCUT2D eigenvalue weighted by molar-refractivity contribution is -0.149. The maximum atomic E-state index is 13.0. The lowest BCUT2D eigenvalue weighted by Gasteiger charge is -2.40. The smallest absolute Gasteiger partial charge is 0.316 e. The van der Waals surface area contributed by atoms with Crippen LogP contribution in [0.1, 0.15) is 24.0 Å². The molecular formula is C27H30N4O4S. The normalized spacial score (nSPS) is 16.7. The fourth-order valence-corrected chi connectivity index (χ4v) is 6.06. The average Bonchev–Trinajstić information content (AvgIpc) is 2.93. The van der Waals surface area contributed by atoms with Gasteiger partial charge in [-0.3, -0.25) is 14.6 Å². The number of fused-ring (bicyclic) bond motifs is 2. The molecule has 2 aliphatic rings. The summed E-state index contributed by atoms with van der Waals surface area (Å²) in [7, 11) is 4.80. The molecular weight excluding hydrogens is 476 g/mol. The van der Waals surface area contributed by atoms with Gasteiger partial charge in [0.2, 0.25) is 0 Å². The molecule has 1 aromatic heterocycles. The van der Waals surface area contributed by atoms with Crippen LogP contribution in [0.25, 0.3) is 0 Å². The van der Waals surface area contributed by atoms with Crippen LogP contribution in [0.2, 0.25) is 0 Å². The third-order valence-corrected chi connectivity index (χ3v) is 8.06. The molecule has 0 saturated carbocycles. The Labute approximate surface area is 215 Å². The van der Waals surface area contributed by atoms with Gasteiger partial charge in [0.05, 0.1) is 25.3 Å². The van der Waals surface area contributed by atoms with E-state index in [2.05, 4.69) is 38.0 Å². The molecule has 2 aliphatic heterocycles. The highest BCUT2D eigenvalue weighted by Crippen LogP contribution is 2.46. The van der Waals surface area contributed by atoms with Gasteiger partial charge in [-0.2, -0.15) is 0 Å². The highest BCUT2D eigenvalue weighted by atomic mass is 32.2. The van der Waals surface area contributed by atoms with Crippen LogP contribution >= 0.6 is 11.8 Å². The summed E-state index contributed by atoms with van der Waals surface area (Å²) in [4.78, 5) is 27.6. The van der Waals surface area contributed by atoms with Gasteiger partial charge in [0, 0.05) is 30.9 Å². The van der Waals surface area contributed by atoms with Gasteiger partial charge in [-0.1, -0.05) is 30.0 Å². The van der Waals surface area contributed by atoms with Gasteiger partial charge >= 0.3 is 5.97 Å². The summed E-state index contributed by atoms with van der Waals surface area (Å²) in [5.41, 5.74) is 2.63. The quantitative estimate of drug-likeness (QED) is 0.433. The van der Waals surface area contributed by atoms with Crippen molar-refractivity contribution in [3.8, 4) is 5.75 Å². The monoisotopic (exact) mass is 506 g/mol. The lowest BCUT2D eigenvalue weighted by atomic mass is 9.72. The molecule has 0 unspecified atom stereocenters. The number of piperidine rings is 1. The van der Waals surface area contributed by atoms with E-state index < -0.39 is 5.41 Å². The molecule has 3 aromatic rings. The Morgan fingerprint density at radius 3 is 2.47 bits per heavy atom. The maximum absolute atomic E-state index is 13.0. The van der Waals surface area contributed by atoms with Crippen molar-refractivity contribution in [3.63, 3.8) is 0 Å². The third kappa shape index (κ3) is 4.54. The average molecular weight is 507 g/mol. The van der Waals surface area contributed by atoms with Crippen LogP contribution in [0.5, 0.6) is 5.75 Å². The molecule has 0 N–H and O–H groups in total. The van der Waals surface area contributed by atoms with Crippen LogP contribution < -0.4 is 9.64 Å². The summed E-state index contributed by atoms with van der Waals surface area (Å²) in [6, 6.07) is 14.3. The van der Waals surface area contributed by atoms with Crippen molar-refractivity contribution in [1.29, 1.82) is 0 Å². The van der Waals surface area contributed by atoms with Crippen molar-refractivity contribution in [2.45, 2.75) is 34.7 Å². The maximum Gasteiger partial charge on any atom is 0.316 e. The van der Waals surface area contributed by atoms with E-state index >= 15 is 0 Å². The Hall–Kier alpha value is -3.14. The molecule has 3 heterocycles. The number of aromatic nitrogens is 2. The van der Waals surface area contributed by atoms with Crippen LogP contribution in [0.3, 0.4) is 0 Å². The van der Waals surface area contributed by atoms with Crippen LogP contribution in [-0.4, -0.2) is 62.0 Å². The Kier molecular flexibility index (Phi) is 7.13. The number of ether oxygens (including phenoxy) is 3. The number of carbonyl (C=O) groups is 1. The van der Waals surface area contributed by atoms with E-state index in [0.29, 0.717) is 19.6 Å². The van der Waals surface area contributed by atoms with Crippen molar-refractivity contribution >= 4 is 29.2 Å². The summed E-state index contributed by atoms with van der Waals surface area (Å²) >= 11 is 1.63. The fraction of sp³-hybridized carbons (Fsp3) is 0.370. The molecule has 9 heteroatoms. The molecule has 36 heavy (non-hydrogen) atoms.